The van der Waals surface area contributed by atoms with Gasteiger partial charge in [-0.2, -0.15) is 4.98 Å². The Balaban J connectivity index is 1.59. The molecule has 2 aromatic heterocycles. The van der Waals surface area contributed by atoms with Crippen molar-refractivity contribution in [1.29, 1.82) is 0 Å². The third kappa shape index (κ3) is 4.23. The Kier molecular flexibility index (Phi) is 5.21. The fraction of sp³-hybridized carbons (Fsp3) is 0.381. The smallest absolute Gasteiger partial charge is 0.230 e. The van der Waals surface area contributed by atoms with Crippen LogP contribution in [0.4, 0.5) is 11.6 Å². The van der Waals surface area contributed by atoms with Gasteiger partial charge >= 0.3 is 0 Å². The van der Waals surface area contributed by atoms with E-state index in [0.717, 1.165) is 16.9 Å². The van der Waals surface area contributed by atoms with E-state index in [1.165, 1.54) is 0 Å². The highest BCUT2D eigenvalue weighted by Crippen LogP contribution is 2.36. The van der Waals surface area contributed by atoms with Crippen molar-refractivity contribution in [3.8, 4) is 11.6 Å². The molecule has 0 bridgehead atoms. The Bertz CT molecular complexity index is 995. The molecule has 29 heavy (non-hydrogen) atoms. The molecule has 1 aliphatic carbocycles. The summed E-state index contributed by atoms with van der Waals surface area (Å²) >= 11 is 0. The quantitative estimate of drug-likeness (QED) is 0.610. The van der Waals surface area contributed by atoms with E-state index in [2.05, 4.69) is 20.3 Å². The molecular formula is C21H25N5O3. The molecule has 3 aromatic rings. The van der Waals surface area contributed by atoms with Gasteiger partial charge in [0, 0.05) is 29.8 Å². The molecule has 0 radical (unpaired) electrons. The van der Waals surface area contributed by atoms with Gasteiger partial charge in [-0.3, -0.25) is 0 Å². The average Bonchev–Trinajstić information content (AvgIpc) is 3.21. The summed E-state index contributed by atoms with van der Waals surface area (Å²) in [4.78, 5) is 13.0. The van der Waals surface area contributed by atoms with Gasteiger partial charge in [0.15, 0.2) is 0 Å². The molecule has 8 heteroatoms. The van der Waals surface area contributed by atoms with Crippen LogP contribution < -0.4 is 10.1 Å². The number of nitrogens with zero attached hydrogens (tertiary/aromatic N) is 4. The first-order chi connectivity index (χ1) is 13.9. The second-order valence-electron chi connectivity index (χ2n) is 7.53. The average molecular weight is 395 g/mol. The molecule has 0 aliphatic heterocycles. The maximum Gasteiger partial charge on any atom is 0.230 e. The lowest BCUT2D eigenvalue weighted by Gasteiger charge is -2.32. The second-order valence-corrected chi connectivity index (χ2v) is 7.53. The predicted molar refractivity (Wildman–Crippen MR) is 109 cm³/mol. The largest absolute Gasteiger partial charge is 0.481 e. The number of benzene rings is 1. The standard InChI is InChI=1S/C21H25N5O3/c1-14-9-15(24-20-22-8-5-19(25-20)29-2)11-16(10-14)26-12-18(23-13-26)21(28)6-3-17(27)4-7-21/h5,8-13,17,27-28H,3-4,6-7H2,1-2H3,(H,22,24,25). The van der Waals surface area contributed by atoms with Crippen LogP contribution in [-0.4, -0.2) is 42.9 Å². The van der Waals surface area contributed by atoms with Gasteiger partial charge in [-0.05, 0) is 56.4 Å². The molecule has 1 aliphatic rings. The van der Waals surface area contributed by atoms with E-state index >= 15 is 0 Å². The number of nitrogens with one attached hydrogen (secondary N) is 1. The van der Waals surface area contributed by atoms with Crippen molar-refractivity contribution in [1.82, 2.24) is 19.5 Å². The topological polar surface area (TPSA) is 105 Å². The predicted octanol–water partition coefficient (Wildman–Crippen LogP) is 2.85. The molecule has 152 valence electrons. The summed E-state index contributed by atoms with van der Waals surface area (Å²) in [7, 11) is 1.56. The zero-order chi connectivity index (χ0) is 20.4. The van der Waals surface area contributed by atoms with Crippen molar-refractivity contribution in [3.63, 3.8) is 0 Å². The van der Waals surface area contributed by atoms with Crippen LogP contribution in [0.25, 0.3) is 5.69 Å². The van der Waals surface area contributed by atoms with Gasteiger partial charge in [0.25, 0.3) is 0 Å². The third-order valence-corrected chi connectivity index (χ3v) is 5.30. The molecule has 8 nitrogen and oxygen atoms in total. The summed E-state index contributed by atoms with van der Waals surface area (Å²) < 4.78 is 7.03. The van der Waals surface area contributed by atoms with Crippen LogP contribution in [0.3, 0.4) is 0 Å². The zero-order valence-corrected chi connectivity index (χ0v) is 16.5. The zero-order valence-electron chi connectivity index (χ0n) is 16.5. The minimum Gasteiger partial charge on any atom is -0.481 e. The maximum atomic E-state index is 10.9. The number of ether oxygens (including phenoxy) is 1. The number of aromatic nitrogens is 4. The van der Waals surface area contributed by atoms with Crippen LogP contribution in [0.1, 0.15) is 36.9 Å². The van der Waals surface area contributed by atoms with Crippen molar-refractivity contribution >= 4 is 11.6 Å². The number of aliphatic hydroxyl groups is 2. The van der Waals surface area contributed by atoms with Crippen LogP contribution in [0.5, 0.6) is 5.88 Å². The first-order valence-electron chi connectivity index (χ1n) is 9.66. The lowest BCUT2D eigenvalue weighted by atomic mass is 9.81. The molecule has 0 saturated heterocycles. The maximum absolute atomic E-state index is 10.9. The molecule has 4 rings (SSSR count). The van der Waals surface area contributed by atoms with Crippen molar-refractivity contribution in [2.75, 3.05) is 12.4 Å². The van der Waals surface area contributed by atoms with E-state index < -0.39 is 5.60 Å². The Morgan fingerprint density at radius 1 is 1.21 bits per heavy atom. The fourth-order valence-electron chi connectivity index (χ4n) is 3.67. The lowest BCUT2D eigenvalue weighted by molar-refractivity contribution is -0.0389. The molecule has 0 atom stereocenters. The van der Waals surface area contributed by atoms with Gasteiger partial charge in [0.2, 0.25) is 11.8 Å². The van der Waals surface area contributed by atoms with Crippen molar-refractivity contribution in [2.24, 2.45) is 0 Å². The Morgan fingerprint density at radius 2 is 2.00 bits per heavy atom. The normalized spacial score (nSPS) is 21.7. The summed E-state index contributed by atoms with van der Waals surface area (Å²) in [5.41, 5.74) is 2.46. The Hall–Kier alpha value is -2.97. The van der Waals surface area contributed by atoms with Crippen LogP contribution >= 0.6 is 0 Å². The highest BCUT2D eigenvalue weighted by Gasteiger charge is 2.36. The van der Waals surface area contributed by atoms with Crippen LogP contribution in [0.2, 0.25) is 0 Å². The summed E-state index contributed by atoms with van der Waals surface area (Å²) in [6, 6.07) is 7.70. The number of methoxy groups -OCH3 is 1. The first-order valence-corrected chi connectivity index (χ1v) is 9.66. The second kappa shape index (κ2) is 7.81. The molecule has 1 saturated carbocycles. The van der Waals surface area contributed by atoms with E-state index in [9.17, 15) is 10.2 Å². The fourth-order valence-corrected chi connectivity index (χ4v) is 3.67. The molecule has 1 fully saturated rings. The number of aliphatic hydroxyl groups excluding tert-OH is 1. The van der Waals surface area contributed by atoms with Crippen molar-refractivity contribution < 1.29 is 14.9 Å². The van der Waals surface area contributed by atoms with Crippen molar-refractivity contribution in [2.45, 2.75) is 44.3 Å². The minimum absolute atomic E-state index is 0.332. The van der Waals surface area contributed by atoms with Gasteiger partial charge in [-0.1, -0.05) is 0 Å². The molecule has 3 N–H and O–H groups in total. The number of hydrogen-bond acceptors (Lipinski definition) is 7. The molecule has 0 amide bonds. The number of rotatable bonds is 5. The van der Waals surface area contributed by atoms with E-state index in [0.29, 0.717) is 43.2 Å². The monoisotopic (exact) mass is 395 g/mol. The summed E-state index contributed by atoms with van der Waals surface area (Å²) in [5.74, 6) is 0.933. The van der Waals surface area contributed by atoms with Gasteiger partial charge in [-0.25, -0.2) is 9.97 Å². The van der Waals surface area contributed by atoms with Gasteiger partial charge < -0.3 is 24.8 Å². The van der Waals surface area contributed by atoms with Crippen LogP contribution in [-0.2, 0) is 5.60 Å². The Morgan fingerprint density at radius 3 is 2.76 bits per heavy atom. The summed E-state index contributed by atoms with van der Waals surface area (Å²) in [5, 5.41) is 23.9. The van der Waals surface area contributed by atoms with Gasteiger partial charge in [0.1, 0.15) is 5.60 Å². The van der Waals surface area contributed by atoms with Gasteiger partial charge in [0.05, 0.1) is 25.2 Å². The molecule has 0 unspecified atom stereocenters. The van der Waals surface area contributed by atoms with Crippen LogP contribution in [0.15, 0.2) is 43.0 Å². The number of anilines is 2. The highest BCUT2D eigenvalue weighted by atomic mass is 16.5. The molecule has 1 aromatic carbocycles. The van der Waals surface area contributed by atoms with E-state index in [1.54, 1.807) is 25.7 Å². The van der Waals surface area contributed by atoms with E-state index in [-0.39, 0.29) is 6.10 Å². The van der Waals surface area contributed by atoms with E-state index in [4.69, 9.17) is 4.74 Å². The first kappa shape index (κ1) is 19.4. The summed E-state index contributed by atoms with van der Waals surface area (Å²) in [6.07, 6.45) is 7.07. The summed E-state index contributed by atoms with van der Waals surface area (Å²) in [6.45, 7) is 2.01. The highest BCUT2D eigenvalue weighted by molar-refractivity contribution is 5.59. The number of imidazole rings is 1. The van der Waals surface area contributed by atoms with Gasteiger partial charge in [-0.15, -0.1) is 0 Å². The minimum atomic E-state index is -0.982. The lowest BCUT2D eigenvalue weighted by Crippen LogP contribution is -2.33. The third-order valence-electron chi connectivity index (χ3n) is 5.30. The Labute approximate surface area is 169 Å². The molecule has 2 heterocycles. The van der Waals surface area contributed by atoms with Crippen molar-refractivity contribution in [3.05, 3.63) is 54.2 Å². The molecule has 0 spiro atoms. The SMILES string of the molecule is COc1ccnc(Nc2cc(C)cc(-n3cnc(C4(O)CCC(O)CC4)c3)c2)n1. The van der Waals surface area contributed by atoms with E-state index in [1.807, 2.05) is 35.9 Å². The number of aryl methyl sites for hydroxylation is 1. The number of hydrogen-bond donors (Lipinski definition) is 3. The molecular weight excluding hydrogens is 370 g/mol. The van der Waals surface area contributed by atoms with Crippen LogP contribution in [0, 0.1) is 6.92 Å².